The molecule has 4 heteroatoms. The van der Waals surface area contributed by atoms with Crippen molar-refractivity contribution in [3.8, 4) is 0 Å². The fraction of sp³-hybridized carbons (Fsp3) is 0.250. The fourth-order valence-electron chi connectivity index (χ4n) is 2.30. The number of aliphatic imine (C=N–C) groups is 1. The summed E-state index contributed by atoms with van der Waals surface area (Å²) in [5.74, 6) is 0.641. The molecule has 3 nitrogen and oxygen atoms in total. The van der Waals surface area contributed by atoms with Gasteiger partial charge in [0.25, 0.3) is 0 Å². The van der Waals surface area contributed by atoms with Crippen LogP contribution in [0.3, 0.4) is 0 Å². The van der Waals surface area contributed by atoms with Gasteiger partial charge in [-0.15, -0.1) is 0 Å². The summed E-state index contributed by atoms with van der Waals surface area (Å²) < 4.78 is 0. The molecule has 1 aromatic carbocycles. The molecule has 0 aromatic heterocycles. The molecule has 1 aromatic rings. The Kier molecular flexibility index (Phi) is 11.1. The third-order valence-electron chi connectivity index (χ3n) is 3.55. The molecule has 24 heavy (non-hydrogen) atoms. The van der Waals surface area contributed by atoms with Crippen molar-refractivity contribution in [2.45, 2.75) is 19.4 Å². The third kappa shape index (κ3) is 6.16. The molecule has 0 N–H and O–H groups in total. The van der Waals surface area contributed by atoms with E-state index in [-0.39, 0.29) is 35.6 Å². The van der Waals surface area contributed by atoms with E-state index in [9.17, 15) is 0 Å². The number of hydrogen-bond acceptors (Lipinski definition) is 1. The third-order valence-corrected chi connectivity index (χ3v) is 3.55. The SMILES string of the molecule is C=C/C=C(\C=C)C(c1ccccc1)N(C)C(=NC)[N-]C(=C)CC.[Na+]. The maximum absolute atomic E-state index is 4.53. The molecule has 1 unspecified atom stereocenters. The first kappa shape index (κ1) is 22.4. The second-order valence-corrected chi connectivity index (χ2v) is 5.09. The van der Waals surface area contributed by atoms with Gasteiger partial charge in [-0.05, 0) is 37.3 Å². The van der Waals surface area contributed by atoms with Crippen molar-refractivity contribution >= 4 is 5.96 Å². The number of allylic oxidation sites excluding steroid dienone is 3. The zero-order chi connectivity index (χ0) is 17.2. The molecule has 0 saturated carbocycles. The first-order valence-electron chi connectivity index (χ1n) is 7.68. The van der Waals surface area contributed by atoms with Crippen molar-refractivity contribution in [2.24, 2.45) is 4.99 Å². The summed E-state index contributed by atoms with van der Waals surface area (Å²) in [6, 6.07) is 10.2. The van der Waals surface area contributed by atoms with Crippen LogP contribution in [0.25, 0.3) is 5.32 Å². The van der Waals surface area contributed by atoms with Crippen LogP contribution in [0, 0.1) is 0 Å². The van der Waals surface area contributed by atoms with Gasteiger partial charge in [0.15, 0.2) is 0 Å². The zero-order valence-corrected chi connectivity index (χ0v) is 17.4. The van der Waals surface area contributed by atoms with E-state index in [1.165, 1.54) is 0 Å². The summed E-state index contributed by atoms with van der Waals surface area (Å²) in [6.45, 7) is 13.7. The molecule has 0 aliphatic rings. The predicted molar refractivity (Wildman–Crippen MR) is 102 cm³/mol. The molecular formula is C20H26N3Na. The van der Waals surface area contributed by atoms with Crippen molar-refractivity contribution in [3.05, 3.63) is 90.4 Å². The quantitative estimate of drug-likeness (QED) is 0.326. The standard InChI is InChI=1S/C20H26N3.Na/c1-7-13-17(9-3)19(18-14-11-10-12-15-18)23(6)20(21-5)22-16(4)8-2;/h7,9-15,19H,1,3-4,8H2,2,5-6H3;/q-1;+1/b17-13+;. The van der Waals surface area contributed by atoms with Crippen molar-refractivity contribution in [1.82, 2.24) is 4.90 Å². The number of rotatable bonds is 7. The minimum Gasteiger partial charge on any atom is -0.417 e. The molecule has 0 amide bonds. The second kappa shape index (κ2) is 11.9. The number of nitrogens with zero attached hydrogens (tertiary/aromatic N) is 3. The Labute approximate surface area is 168 Å². The van der Waals surface area contributed by atoms with Gasteiger partial charge >= 0.3 is 29.6 Å². The topological polar surface area (TPSA) is 29.7 Å². The minimum absolute atomic E-state index is 0. The fourth-order valence-corrected chi connectivity index (χ4v) is 2.30. The van der Waals surface area contributed by atoms with Crippen LogP contribution in [-0.4, -0.2) is 25.0 Å². The van der Waals surface area contributed by atoms with Crippen LogP contribution in [0.15, 0.2) is 84.6 Å². The van der Waals surface area contributed by atoms with Crippen LogP contribution in [0.5, 0.6) is 0 Å². The molecule has 1 atom stereocenters. The van der Waals surface area contributed by atoms with Crippen LogP contribution < -0.4 is 29.6 Å². The van der Waals surface area contributed by atoms with Gasteiger partial charge in [0.1, 0.15) is 0 Å². The maximum Gasteiger partial charge on any atom is 1.00 e. The Bertz CT molecular complexity index is 603. The predicted octanol–water partition coefficient (Wildman–Crippen LogP) is 2.25. The molecule has 0 aliphatic heterocycles. The Morgan fingerprint density at radius 1 is 1.29 bits per heavy atom. The summed E-state index contributed by atoms with van der Waals surface area (Å²) in [4.78, 5) is 6.36. The number of hydrogen-bond donors (Lipinski definition) is 0. The molecule has 0 fully saturated rings. The van der Waals surface area contributed by atoms with Crippen molar-refractivity contribution < 1.29 is 29.6 Å². The van der Waals surface area contributed by atoms with E-state index in [1.807, 2.05) is 49.2 Å². The van der Waals surface area contributed by atoms with E-state index in [0.717, 1.165) is 23.3 Å². The van der Waals surface area contributed by atoms with Crippen LogP contribution >= 0.6 is 0 Å². The molecule has 0 aliphatic carbocycles. The van der Waals surface area contributed by atoms with Crippen molar-refractivity contribution in [3.63, 3.8) is 0 Å². The molecule has 0 spiro atoms. The summed E-state index contributed by atoms with van der Waals surface area (Å²) in [7, 11) is 3.72. The van der Waals surface area contributed by atoms with E-state index in [1.54, 1.807) is 13.1 Å². The summed E-state index contributed by atoms with van der Waals surface area (Å²) in [6.07, 6.45) is 6.37. The normalized spacial score (nSPS) is 12.6. The van der Waals surface area contributed by atoms with Crippen LogP contribution in [0.2, 0.25) is 0 Å². The molecule has 0 heterocycles. The monoisotopic (exact) mass is 331 g/mol. The smallest absolute Gasteiger partial charge is 0.417 e. The van der Waals surface area contributed by atoms with Crippen LogP contribution in [-0.2, 0) is 0 Å². The minimum atomic E-state index is -0.0428. The van der Waals surface area contributed by atoms with Gasteiger partial charge in [-0.25, -0.2) is 0 Å². The first-order valence-corrected chi connectivity index (χ1v) is 7.68. The Hall–Kier alpha value is -1.55. The average Bonchev–Trinajstić information content (AvgIpc) is 2.59. The van der Waals surface area contributed by atoms with E-state index in [4.69, 9.17) is 0 Å². The van der Waals surface area contributed by atoms with Gasteiger partial charge < -0.3 is 15.2 Å². The number of guanidine groups is 1. The molecule has 122 valence electrons. The molecule has 1 rings (SSSR count). The molecule has 0 bridgehead atoms. The second-order valence-electron chi connectivity index (χ2n) is 5.09. The van der Waals surface area contributed by atoms with E-state index >= 15 is 0 Å². The van der Waals surface area contributed by atoms with E-state index in [2.05, 4.69) is 42.2 Å². The molecular weight excluding hydrogens is 305 g/mol. The van der Waals surface area contributed by atoms with E-state index in [0.29, 0.717) is 5.96 Å². The van der Waals surface area contributed by atoms with Crippen molar-refractivity contribution in [2.75, 3.05) is 14.1 Å². The van der Waals surface area contributed by atoms with Crippen molar-refractivity contribution in [1.29, 1.82) is 0 Å². The van der Waals surface area contributed by atoms with Gasteiger partial charge in [0.05, 0.1) is 0 Å². The Balaban J connectivity index is 0.00000529. The summed E-state index contributed by atoms with van der Waals surface area (Å²) >= 11 is 0. The molecule has 0 saturated heterocycles. The first-order chi connectivity index (χ1) is 11.1. The van der Waals surface area contributed by atoms with Gasteiger partial charge in [-0.1, -0.05) is 75.2 Å². The Morgan fingerprint density at radius 2 is 1.92 bits per heavy atom. The van der Waals surface area contributed by atoms with Gasteiger partial charge in [0, 0.05) is 12.0 Å². The van der Waals surface area contributed by atoms with Crippen LogP contribution in [0.1, 0.15) is 24.9 Å². The van der Waals surface area contributed by atoms with Gasteiger partial charge in [-0.3, -0.25) is 0 Å². The summed E-state index contributed by atoms with van der Waals surface area (Å²) in [5, 5.41) is 4.53. The van der Waals surface area contributed by atoms with Gasteiger partial charge in [-0.2, -0.15) is 0 Å². The molecule has 0 radical (unpaired) electrons. The zero-order valence-electron chi connectivity index (χ0n) is 15.4. The maximum atomic E-state index is 4.53. The number of benzene rings is 1. The number of likely N-dealkylation sites (N-methyl/N-ethyl adjacent to an activating group) is 1. The Morgan fingerprint density at radius 3 is 2.38 bits per heavy atom. The van der Waals surface area contributed by atoms with Crippen LogP contribution in [0.4, 0.5) is 0 Å². The average molecular weight is 331 g/mol. The van der Waals surface area contributed by atoms with Gasteiger partial charge in [0.2, 0.25) is 0 Å². The van der Waals surface area contributed by atoms with E-state index < -0.39 is 0 Å². The largest absolute Gasteiger partial charge is 1.00 e. The summed E-state index contributed by atoms with van der Waals surface area (Å²) in [5.41, 5.74) is 2.98.